The first-order valence-electron chi connectivity index (χ1n) is 5.25. The van der Waals surface area contributed by atoms with Crippen LogP contribution in [0.3, 0.4) is 0 Å². The van der Waals surface area contributed by atoms with Gasteiger partial charge < -0.3 is 5.43 Å². The van der Waals surface area contributed by atoms with Crippen LogP contribution in [0.5, 0.6) is 0 Å². The number of rotatable bonds is 3. The molecule has 16 heavy (non-hydrogen) atoms. The second-order valence-corrected chi connectivity index (χ2v) is 4.71. The average Bonchev–Trinajstić information content (AvgIpc) is 3.04. The number of hydrogen-bond acceptors (Lipinski definition) is 5. The summed E-state index contributed by atoms with van der Waals surface area (Å²) in [6.45, 7) is 0. The maximum atomic E-state index is 5.42. The van der Waals surface area contributed by atoms with Crippen molar-refractivity contribution in [2.75, 3.05) is 5.43 Å². The Morgan fingerprint density at radius 3 is 2.88 bits per heavy atom. The molecule has 2 aromatic heterocycles. The third kappa shape index (κ3) is 1.79. The van der Waals surface area contributed by atoms with Crippen LogP contribution in [0.15, 0.2) is 22.9 Å². The predicted molar refractivity (Wildman–Crippen MR) is 65.1 cm³/mol. The minimum atomic E-state index is 0.604. The van der Waals surface area contributed by atoms with E-state index in [2.05, 4.69) is 15.4 Å². The van der Waals surface area contributed by atoms with Gasteiger partial charge in [-0.25, -0.2) is 15.8 Å². The van der Waals surface area contributed by atoms with Gasteiger partial charge in [-0.2, -0.15) is 11.3 Å². The van der Waals surface area contributed by atoms with Gasteiger partial charge in [0, 0.05) is 28.6 Å². The van der Waals surface area contributed by atoms with Crippen molar-refractivity contribution in [2.24, 2.45) is 5.84 Å². The summed E-state index contributed by atoms with van der Waals surface area (Å²) in [5, 5.41) is 4.07. The fourth-order valence-electron chi connectivity index (χ4n) is 1.65. The molecule has 1 aliphatic carbocycles. The van der Waals surface area contributed by atoms with Crippen molar-refractivity contribution in [3.05, 3.63) is 28.6 Å². The van der Waals surface area contributed by atoms with Crippen LogP contribution in [0.25, 0.3) is 11.4 Å². The van der Waals surface area contributed by atoms with Gasteiger partial charge in [0.1, 0.15) is 5.82 Å². The third-order valence-electron chi connectivity index (χ3n) is 2.67. The molecule has 0 amide bonds. The Labute approximate surface area is 97.5 Å². The molecule has 0 aliphatic heterocycles. The Bertz CT molecular complexity index is 491. The normalized spacial score (nSPS) is 15.1. The van der Waals surface area contributed by atoms with E-state index in [9.17, 15) is 0 Å². The average molecular weight is 232 g/mol. The fraction of sp³-hybridized carbons (Fsp3) is 0.273. The van der Waals surface area contributed by atoms with Crippen molar-refractivity contribution in [1.82, 2.24) is 9.97 Å². The number of thiophene rings is 1. The van der Waals surface area contributed by atoms with E-state index in [1.807, 2.05) is 22.9 Å². The Hall–Kier alpha value is -1.46. The molecule has 2 aromatic rings. The zero-order valence-corrected chi connectivity index (χ0v) is 9.50. The van der Waals surface area contributed by atoms with Gasteiger partial charge in [0.15, 0.2) is 5.82 Å². The molecule has 1 saturated carbocycles. The lowest BCUT2D eigenvalue weighted by molar-refractivity contribution is 0.992. The summed E-state index contributed by atoms with van der Waals surface area (Å²) in [6, 6.07) is 3.96. The molecular weight excluding hydrogens is 220 g/mol. The smallest absolute Gasteiger partial charge is 0.162 e. The van der Waals surface area contributed by atoms with E-state index in [0.717, 1.165) is 17.1 Å². The summed E-state index contributed by atoms with van der Waals surface area (Å²) in [7, 11) is 0. The van der Waals surface area contributed by atoms with Crippen molar-refractivity contribution in [2.45, 2.75) is 18.8 Å². The number of hydrazine groups is 1. The first kappa shape index (κ1) is 9.74. The fourth-order valence-corrected chi connectivity index (χ4v) is 2.28. The lowest BCUT2D eigenvalue weighted by Gasteiger charge is -2.05. The topological polar surface area (TPSA) is 63.8 Å². The zero-order chi connectivity index (χ0) is 11.0. The van der Waals surface area contributed by atoms with Gasteiger partial charge in [0.05, 0.1) is 0 Å². The molecule has 0 saturated heterocycles. The Balaban J connectivity index is 2.06. The second kappa shape index (κ2) is 3.84. The molecule has 0 atom stereocenters. The largest absolute Gasteiger partial charge is 0.308 e. The first-order chi connectivity index (χ1) is 7.86. The summed E-state index contributed by atoms with van der Waals surface area (Å²) in [5.41, 5.74) is 4.76. The molecule has 3 rings (SSSR count). The molecule has 0 aromatic carbocycles. The number of nitrogens with one attached hydrogen (secondary N) is 1. The Kier molecular flexibility index (Phi) is 2.34. The summed E-state index contributed by atoms with van der Waals surface area (Å²) in [4.78, 5) is 8.95. The van der Waals surface area contributed by atoms with E-state index < -0.39 is 0 Å². The van der Waals surface area contributed by atoms with Gasteiger partial charge >= 0.3 is 0 Å². The highest BCUT2D eigenvalue weighted by atomic mass is 32.1. The van der Waals surface area contributed by atoms with Gasteiger partial charge in [-0.3, -0.25) is 0 Å². The van der Waals surface area contributed by atoms with E-state index in [0.29, 0.717) is 11.7 Å². The third-order valence-corrected chi connectivity index (χ3v) is 3.35. The molecule has 82 valence electrons. The van der Waals surface area contributed by atoms with Crippen LogP contribution >= 0.6 is 11.3 Å². The van der Waals surface area contributed by atoms with Crippen molar-refractivity contribution >= 4 is 17.2 Å². The molecule has 2 heterocycles. The number of nitrogens with zero attached hydrogens (tertiary/aromatic N) is 2. The predicted octanol–water partition coefficient (Wildman–Crippen LogP) is 2.37. The van der Waals surface area contributed by atoms with Crippen LogP contribution in [0.1, 0.15) is 24.5 Å². The Morgan fingerprint density at radius 2 is 2.25 bits per heavy atom. The number of aromatic nitrogens is 2. The molecule has 4 nitrogen and oxygen atoms in total. The van der Waals surface area contributed by atoms with Gasteiger partial charge in [0.2, 0.25) is 0 Å². The second-order valence-electron chi connectivity index (χ2n) is 3.93. The highest BCUT2D eigenvalue weighted by Crippen LogP contribution is 2.40. The van der Waals surface area contributed by atoms with Crippen molar-refractivity contribution in [3.63, 3.8) is 0 Å². The number of anilines is 1. The minimum Gasteiger partial charge on any atom is -0.308 e. The maximum absolute atomic E-state index is 5.42. The quantitative estimate of drug-likeness (QED) is 0.630. The van der Waals surface area contributed by atoms with Crippen LogP contribution in [0.4, 0.5) is 5.82 Å². The minimum absolute atomic E-state index is 0.604. The van der Waals surface area contributed by atoms with E-state index in [1.54, 1.807) is 11.3 Å². The van der Waals surface area contributed by atoms with E-state index >= 15 is 0 Å². The molecule has 0 radical (unpaired) electrons. The molecule has 1 fully saturated rings. The molecule has 3 N–H and O–H groups in total. The lowest BCUT2D eigenvalue weighted by atomic mass is 10.2. The van der Waals surface area contributed by atoms with E-state index in [-0.39, 0.29) is 0 Å². The molecule has 0 spiro atoms. The Morgan fingerprint density at radius 1 is 1.38 bits per heavy atom. The van der Waals surface area contributed by atoms with Gasteiger partial charge in [-0.15, -0.1) is 0 Å². The standard InChI is InChI=1S/C11H12N4S/c12-15-10-5-9(7-1-2-7)13-11(14-10)8-3-4-16-6-8/h3-7H,1-2,12H2,(H,13,14,15). The SMILES string of the molecule is NNc1cc(C2CC2)nc(-c2ccsc2)n1. The van der Waals surface area contributed by atoms with Gasteiger partial charge in [0.25, 0.3) is 0 Å². The van der Waals surface area contributed by atoms with Crippen molar-refractivity contribution < 1.29 is 0 Å². The van der Waals surface area contributed by atoms with Crippen molar-refractivity contribution in [3.8, 4) is 11.4 Å². The van der Waals surface area contributed by atoms with Gasteiger partial charge in [-0.05, 0) is 24.3 Å². The first-order valence-corrected chi connectivity index (χ1v) is 6.19. The summed E-state index contributed by atoms with van der Waals surface area (Å²) < 4.78 is 0. The summed E-state index contributed by atoms with van der Waals surface area (Å²) >= 11 is 1.65. The van der Waals surface area contributed by atoms with Crippen molar-refractivity contribution in [1.29, 1.82) is 0 Å². The van der Waals surface area contributed by atoms with Crippen LogP contribution in [0, 0.1) is 0 Å². The molecule has 0 unspecified atom stereocenters. The molecule has 1 aliphatic rings. The summed E-state index contributed by atoms with van der Waals surface area (Å²) in [5.74, 6) is 7.48. The van der Waals surface area contributed by atoms with Crippen LogP contribution in [-0.2, 0) is 0 Å². The van der Waals surface area contributed by atoms with E-state index in [1.165, 1.54) is 12.8 Å². The highest BCUT2D eigenvalue weighted by Gasteiger charge is 2.26. The van der Waals surface area contributed by atoms with Crippen LogP contribution in [0.2, 0.25) is 0 Å². The number of hydrogen-bond donors (Lipinski definition) is 2. The lowest BCUT2D eigenvalue weighted by Crippen LogP contribution is -2.10. The molecule has 0 bridgehead atoms. The highest BCUT2D eigenvalue weighted by molar-refractivity contribution is 7.08. The monoisotopic (exact) mass is 232 g/mol. The van der Waals surface area contributed by atoms with Gasteiger partial charge in [-0.1, -0.05) is 0 Å². The van der Waals surface area contributed by atoms with E-state index in [4.69, 9.17) is 5.84 Å². The molecular formula is C11H12N4S. The summed E-state index contributed by atoms with van der Waals surface area (Å²) in [6.07, 6.45) is 2.45. The number of nitrogen functional groups attached to an aromatic ring is 1. The molecule has 5 heteroatoms. The maximum Gasteiger partial charge on any atom is 0.162 e. The van der Waals surface area contributed by atoms with Crippen LogP contribution in [-0.4, -0.2) is 9.97 Å². The van der Waals surface area contributed by atoms with Crippen LogP contribution < -0.4 is 11.3 Å². The zero-order valence-electron chi connectivity index (χ0n) is 8.68. The number of nitrogens with two attached hydrogens (primary N) is 1.